The summed E-state index contributed by atoms with van der Waals surface area (Å²) in [5, 5.41) is 3.29. The van der Waals surface area contributed by atoms with Crippen LogP contribution in [0.2, 0.25) is 0 Å². The van der Waals surface area contributed by atoms with E-state index in [4.69, 9.17) is 4.74 Å². The maximum atomic E-state index is 5.91. The fourth-order valence-corrected chi connectivity index (χ4v) is 2.85. The van der Waals surface area contributed by atoms with Crippen LogP contribution in [-0.4, -0.2) is 44.3 Å². The van der Waals surface area contributed by atoms with E-state index in [9.17, 15) is 0 Å². The molecule has 0 spiro atoms. The first-order valence-corrected chi connectivity index (χ1v) is 7.24. The van der Waals surface area contributed by atoms with Crippen LogP contribution in [0.5, 0.6) is 0 Å². The van der Waals surface area contributed by atoms with Crippen molar-refractivity contribution < 1.29 is 4.74 Å². The molecule has 0 aromatic rings. The van der Waals surface area contributed by atoms with Gasteiger partial charge in [0.1, 0.15) is 0 Å². The van der Waals surface area contributed by atoms with Gasteiger partial charge in [0.15, 0.2) is 0 Å². The lowest BCUT2D eigenvalue weighted by Gasteiger charge is -2.36. The summed E-state index contributed by atoms with van der Waals surface area (Å²) < 4.78 is 5.91. The molecule has 1 atom stereocenters. The Bertz CT molecular complexity index is 284. The van der Waals surface area contributed by atoms with Gasteiger partial charge in [-0.15, -0.1) is 0 Å². The van der Waals surface area contributed by atoms with Gasteiger partial charge in [-0.25, -0.2) is 0 Å². The van der Waals surface area contributed by atoms with Crippen LogP contribution in [0.3, 0.4) is 0 Å². The van der Waals surface area contributed by atoms with Crippen molar-refractivity contribution in [3.63, 3.8) is 0 Å². The van der Waals surface area contributed by atoms with E-state index in [0.29, 0.717) is 17.9 Å². The number of nitrogens with zero attached hydrogens (tertiary/aromatic N) is 1. The van der Waals surface area contributed by atoms with Crippen molar-refractivity contribution in [2.45, 2.75) is 40.7 Å². The van der Waals surface area contributed by atoms with Gasteiger partial charge in [0, 0.05) is 18.8 Å². The van der Waals surface area contributed by atoms with E-state index in [1.165, 1.54) is 11.3 Å². The summed E-state index contributed by atoms with van der Waals surface area (Å²) in [5.41, 5.74) is 2.98. The molecule has 1 unspecified atom stereocenters. The Kier molecular flexibility index (Phi) is 6.16. The molecule has 0 fully saturated rings. The molecular formula is C15H30N2O. The third kappa shape index (κ3) is 3.48. The van der Waals surface area contributed by atoms with E-state index in [2.05, 4.69) is 44.8 Å². The highest BCUT2D eigenvalue weighted by molar-refractivity contribution is 5.20. The van der Waals surface area contributed by atoms with E-state index < -0.39 is 0 Å². The fourth-order valence-electron chi connectivity index (χ4n) is 2.85. The molecule has 0 aromatic heterocycles. The number of rotatable bonds is 5. The van der Waals surface area contributed by atoms with Crippen molar-refractivity contribution >= 4 is 0 Å². The molecule has 1 N–H and O–H groups in total. The minimum absolute atomic E-state index is 0.452. The lowest BCUT2D eigenvalue weighted by Crippen LogP contribution is -2.44. The molecule has 1 aliphatic heterocycles. The molecule has 3 heteroatoms. The van der Waals surface area contributed by atoms with Gasteiger partial charge in [0.25, 0.3) is 0 Å². The molecule has 0 radical (unpaired) electrons. The van der Waals surface area contributed by atoms with Gasteiger partial charge in [-0.2, -0.15) is 0 Å². The zero-order valence-electron chi connectivity index (χ0n) is 12.9. The van der Waals surface area contributed by atoms with Gasteiger partial charge < -0.3 is 15.0 Å². The average Bonchev–Trinajstić information content (AvgIpc) is 2.48. The Labute approximate surface area is 113 Å². The Morgan fingerprint density at radius 1 is 1.28 bits per heavy atom. The largest absolute Gasteiger partial charge is 0.375 e. The van der Waals surface area contributed by atoms with Gasteiger partial charge >= 0.3 is 0 Å². The summed E-state index contributed by atoms with van der Waals surface area (Å²) in [4.78, 5) is 2.55. The summed E-state index contributed by atoms with van der Waals surface area (Å²) in [6, 6.07) is 0.452. The zero-order chi connectivity index (χ0) is 13.7. The second kappa shape index (κ2) is 7.15. The predicted octanol–water partition coefficient (Wildman–Crippen LogP) is 2.49. The van der Waals surface area contributed by atoms with Gasteiger partial charge in [0.05, 0.1) is 19.3 Å². The van der Waals surface area contributed by atoms with Crippen LogP contribution in [0.15, 0.2) is 11.3 Å². The summed E-state index contributed by atoms with van der Waals surface area (Å²) in [5.74, 6) is 1.12. The molecule has 0 amide bonds. The van der Waals surface area contributed by atoms with Crippen molar-refractivity contribution in [1.29, 1.82) is 0 Å². The lowest BCUT2D eigenvalue weighted by molar-refractivity contribution is 0.101. The molecule has 0 bridgehead atoms. The first-order valence-electron chi connectivity index (χ1n) is 7.24. The van der Waals surface area contributed by atoms with Crippen molar-refractivity contribution in [2.75, 3.05) is 33.4 Å². The molecule has 106 valence electrons. The number of likely N-dealkylation sites (N-methyl/N-ethyl adjacent to an activating group) is 2. The minimum atomic E-state index is 0.452. The van der Waals surface area contributed by atoms with Gasteiger partial charge in [-0.3, -0.25) is 0 Å². The lowest BCUT2D eigenvalue weighted by atomic mass is 9.94. The summed E-state index contributed by atoms with van der Waals surface area (Å²) in [6.45, 7) is 15.0. The van der Waals surface area contributed by atoms with E-state index in [0.717, 1.165) is 26.3 Å². The smallest absolute Gasteiger partial charge is 0.0700 e. The van der Waals surface area contributed by atoms with Gasteiger partial charge in [0.2, 0.25) is 0 Å². The standard InChI is InChI=1S/C15H30N2O/c1-7-17-13(8-16-6)9-18-10-14(11(2)3)15(17)12(4)5/h11-13,16H,7-10H2,1-6H3. The first-order chi connectivity index (χ1) is 8.52. The monoisotopic (exact) mass is 254 g/mol. The third-order valence-corrected chi connectivity index (χ3v) is 3.67. The van der Waals surface area contributed by atoms with E-state index in [1.54, 1.807) is 0 Å². The van der Waals surface area contributed by atoms with Crippen LogP contribution in [-0.2, 0) is 4.74 Å². The Morgan fingerprint density at radius 2 is 1.94 bits per heavy atom. The number of hydrogen-bond donors (Lipinski definition) is 1. The minimum Gasteiger partial charge on any atom is -0.375 e. The number of hydrogen-bond acceptors (Lipinski definition) is 3. The summed E-state index contributed by atoms with van der Waals surface area (Å²) in [6.07, 6.45) is 0. The second-order valence-corrected chi connectivity index (χ2v) is 5.73. The Morgan fingerprint density at radius 3 is 2.39 bits per heavy atom. The van der Waals surface area contributed by atoms with Crippen LogP contribution >= 0.6 is 0 Å². The molecule has 0 aromatic carbocycles. The highest BCUT2D eigenvalue weighted by Crippen LogP contribution is 2.29. The average molecular weight is 254 g/mol. The Balaban J connectivity index is 3.12. The van der Waals surface area contributed by atoms with E-state index >= 15 is 0 Å². The Hall–Kier alpha value is -0.540. The predicted molar refractivity (Wildman–Crippen MR) is 77.6 cm³/mol. The first kappa shape index (κ1) is 15.5. The fraction of sp³-hybridized carbons (Fsp3) is 0.867. The zero-order valence-corrected chi connectivity index (χ0v) is 12.9. The third-order valence-electron chi connectivity index (χ3n) is 3.67. The van der Waals surface area contributed by atoms with Crippen LogP contribution < -0.4 is 5.32 Å². The molecule has 0 aliphatic carbocycles. The van der Waals surface area contributed by atoms with Crippen LogP contribution in [0.25, 0.3) is 0 Å². The van der Waals surface area contributed by atoms with Crippen LogP contribution in [0.4, 0.5) is 0 Å². The molecular weight excluding hydrogens is 224 g/mol. The van der Waals surface area contributed by atoms with Gasteiger partial charge in [-0.05, 0) is 31.4 Å². The van der Waals surface area contributed by atoms with Crippen molar-refractivity contribution in [2.24, 2.45) is 11.8 Å². The van der Waals surface area contributed by atoms with Crippen molar-refractivity contribution in [3.8, 4) is 0 Å². The molecule has 18 heavy (non-hydrogen) atoms. The molecule has 3 nitrogen and oxygen atoms in total. The topological polar surface area (TPSA) is 24.5 Å². The second-order valence-electron chi connectivity index (χ2n) is 5.73. The van der Waals surface area contributed by atoms with Crippen molar-refractivity contribution in [1.82, 2.24) is 10.2 Å². The normalized spacial score (nSPS) is 22.0. The summed E-state index contributed by atoms with van der Waals surface area (Å²) >= 11 is 0. The maximum absolute atomic E-state index is 5.91. The van der Waals surface area contributed by atoms with Gasteiger partial charge in [-0.1, -0.05) is 27.7 Å². The molecule has 1 heterocycles. The molecule has 1 aliphatic rings. The van der Waals surface area contributed by atoms with Crippen LogP contribution in [0, 0.1) is 11.8 Å². The number of nitrogens with one attached hydrogen (secondary N) is 1. The highest BCUT2D eigenvalue weighted by Gasteiger charge is 2.28. The molecule has 0 saturated carbocycles. The maximum Gasteiger partial charge on any atom is 0.0700 e. The number of allylic oxidation sites excluding steroid dienone is 1. The highest BCUT2D eigenvalue weighted by atomic mass is 16.5. The molecule has 1 rings (SSSR count). The van der Waals surface area contributed by atoms with E-state index in [1.807, 2.05) is 7.05 Å². The quantitative estimate of drug-likeness (QED) is 0.816. The van der Waals surface area contributed by atoms with Crippen molar-refractivity contribution in [3.05, 3.63) is 11.3 Å². The van der Waals surface area contributed by atoms with E-state index in [-0.39, 0.29) is 0 Å². The summed E-state index contributed by atoms with van der Waals surface area (Å²) in [7, 11) is 2.01. The van der Waals surface area contributed by atoms with Crippen LogP contribution in [0.1, 0.15) is 34.6 Å². The SMILES string of the molecule is CCN1C(C(C)C)=C(C(C)C)COCC1CNC. The number of ether oxygens (including phenoxy) is 1. The molecule has 0 saturated heterocycles.